The lowest BCUT2D eigenvalue weighted by molar-refractivity contribution is 0.0940. The first-order valence-electron chi connectivity index (χ1n) is 5.38. The van der Waals surface area contributed by atoms with Gasteiger partial charge in [-0.15, -0.1) is 0 Å². The topological polar surface area (TPSA) is 60.0 Å². The summed E-state index contributed by atoms with van der Waals surface area (Å²) < 4.78 is 1.87. The second-order valence-corrected chi connectivity index (χ2v) is 4.24. The van der Waals surface area contributed by atoms with Crippen LogP contribution in [0.1, 0.15) is 30.8 Å². The molecule has 0 bridgehead atoms. The number of amides is 1. The van der Waals surface area contributed by atoms with Crippen molar-refractivity contribution in [1.29, 1.82) is 0 Å². The average Bonchev–Trinajstić information content (AvgIpc) is 2.74. The van der Waals surface area contributed by atoms with Gasteiger partial charge < -0.3 is 15.6 Å². The number of anilines is 1. The summed E-state index contributed by atoms with van der Waals surface area (Å²) in [5.41, 5.74) is 6.97. The summed E-state index contributed by atoms with van der Waals surface area (Å²) in [6.07, 6.45) is 2.89. The molecule has 0 aromatic carbocycles. The third kappa shape index (κ3) is 1.98. The number of nitrogens with one attached hydrogen (secondary N) is 1. The van der Waals surface area contributed by atoms with Crippen molar-refractivity contribution < 1.29 is 4.79 Å². The Kier molecular flexibility index (Phi) is 2.42. The molecule has 4 nitrogen and oxygen atoms in total. The zero-order valence-electron chi connectivity index (χ0n) is 9.16. The normalized spacial score (nSPS) is 23.9. The summed E-state index contributed by atoms with van der Waals surface area (Å²) in [5.74, 6) is 0.610. The van der Waals surface area contributed by atoms with Gasteiger partial charge in [0.2, 0.25) is 0 Å². The summed E-state index contributed by atoms with van der Waals surface area (Å²) in [6, 6.07) is 2.09. The van der Waals surface area contributed by atoms with E-state index in [2.05, 4.69) is 12.2 Å². The fraction of sp³-hybridized carbons (Fsp3) is 0.545. The molecule has 0 saturated heterocycles. The van der Waals surface area contributed by atoms with Crippen molar-refractivity contribution in [2.24, 2.45) is 5.92 Å². The molecule has 1 aromatic heterocycles. The fourth-order valence-electron chi connectivity index (χ4n) is 1.75. The maximum absolute atomic E-state index is 11.8. The van der Waals surface area contributed by atoms with E-state index in [0.29, 0.717) is 23.3 Å². The standard InChI is InChI=1S/C11H17N3O/c1-3-14-6-8(12)5-10(14)11(15)13-9-4-7(9)2/h5-7,9H,3-4,12H2,1-2H3,(H,13,15). The van der Waals surface area contributed by atoms with Crippen LogP contribution in [0.15, 0.2) is 12.3 Å². The molecule has 2 atom stereocenters. The van der Waals surface area contributed by atoms with Gasteiger partial charge in [0.05, 0.1) is 5.69 Å². The van der Waals surface area contributed by atoms with Crippen molar-refractivity contribution in [2.45, 2.75) is 32.9 Å². The van der Waals surface area contributed by atoms with Gasteiger partial charge in [-0.05, 0) is 25.3 Å². The molecule has 4 heteroatoms. The molecule has 2 unspecified atom stereocenters. The molecule has 0 aliphatic heterocycles. The van der Waals surface area contributed by atoms with E-state index in [0.717, 1.165) is 13.0 Å². The lowest BCUT2D eigenvalue weighted by Crippen LogP contribution is -2.28. The fourth-order valence-corrected chi connectivity index (χ4v) is 1.75. The molecule has 1 amide bonds. The minimum absolute atomic E-state index is 0.0112. The van der Waals surface area contributed by atoms with Crippen LogP contribution >= 0.6 is 0 Å². The molecular weight excluding hydrogens is 190 g/mol. The van der Waals surface area contributed by atoms with Crippen LogP contribution in [0.5, 0.6) is 0 Å². The number of aromatic nitrogens is 1. The first kappa shape index (κ1) is 10.1. The predicted molar refractivity (Wildman–Crippen MR) is 59.6 cm³/mol. The minimum Gasteiger partial charge on any atom is -0.397 e. The van der Waals surface area contributed by atoms with E-state index in [-0.39, 0.29) is 5.91 Å². The molecule has 3 N–H and O–H groups in total. The van der Waals surface area contributed by atoms with Crippen molar-refractivity contribution in [3.8, 4) is 0 Å². The molecule has 82 valence electrons. The van der Waals surface area contributed by atoms with Gasteiger partial charge in [-0.2, -0.15) is 0 Å². The first-order valence-corrected chi connectivity index (χ1v) is 5.38. The monoisotopic (exact) mass is 207 g/mol. The largest absolute Gasteiger partial charge is 0.397 e. The number of nitrogens with two attached hydrogens (primary N) is 1. The molecule has 0 radical (unpaired) electrons. The van der Waals surface area contributed by atoms with Crippen LogP contribution in [0.3, 0.4) is 0 Å². The number of aryl methyl sites for hydroxylation is 1. The summed E-state index contributed by atoms with van der Waals surface area (Å²) in [4.78, 5) is 11.8. The van der Waals surface area contributed by atoms with Crippen LogP contribution in [0.25, 0.3) is 0 Å². The molecule has 1 heterocycles. The molecule has 2 rings (SSSR count). The van der Waals surface area contributed by atoms with E-state index in [1.807, 2.05) is 11.5 Å². The third-order valence-electron chi connectivity index (χ3n) is 2.92. The van der Waals surface area contributed by atoms with Crippen molar-refractivity contribution in [2.75, 3.05) is 5.73 Å². The number of carbonyl (C=O) groups is 1. The Bertz CT molecular complexity index is 383. The predicted octanol–water partition coefficient (Wildman–Crippen LogP) is 1.23. The Morgan fingerprint density at radius 1 is 1.73 bits per heavy atom. The summed E-state index contributed by atoms with van der Waals surface area (Å²) in [7, 11) is 0. The van der Waals surface area contributed by atoms with Gasteiger partial charge in [-0.3, -0.25) is 4.79 Å². The van der Waals surface area contributed by atoms with Gasteiger partial charge >= 0.3 is 0 Å². The molecule has 1 aliphatic rings. The minimum atomic E-state index is -0.0112. The van der Waals surface area contributed by atoms with Crippen LogP contribution in [0, 0.1) is 5.92 Å². The Morgan fingerprint density at radius 3 is 2.93 bits per heavy atom. The van der Waals surface area contributed by atoms with E-state index in [9.17, 15) is 4.79 Å². The maximum Gasteiger partial charge on any atom is 0.268 e. The van der Waals surface area contributed by atoms with Gasteiger partial charge in [0.1, 0.15) is 5.69 Å². The highest BCUT2D eigenvalue weighted by Crippen LogP contribution is 2.29. The van der Waals surface area contributed by atoms with Gasteiger partial charge in [0.15, 0.2) is 0 Å². The van der Waals surface area contributed by atoms with Crippen LogP contribution in [-0.4, -0.2) is 16.5 Å². The number of rotatable bonds is 3. The van der Waals surface area contributed by atoms with Gasteiger partial charge in [0.25, 0.3) is 5.91 Å². The van der Waals surface area contributed by atoms with Crippen LogP contribution in [-0.2, 0) is 6.54 Å². The maximum atomic E-state index is 11.8. The van der Waals surface area contributed by atoms with E-state index in [4.69, 9.17) is 5.73 Å². The highest BCUT2D eigenvalue weighted by molar-refractivity contribution is 5.94. The number of hydrogen-bond donors (Lipinski definition) is 2. The highest BCUT2D eigenvalue weighted by Gasteiger charge is 2.34. The highest BCUT2D eigenvalue weighted by atomic mass is 16.2. The number of hydrogen-bond acceptors (Lipinski definition) is 2. The SMILES string of the molecule is CCn1cc(N)cc1C(=O)NC1CC1C. The Morgan fingerprint density at radius 2 is 2.40 bits per heavy atom. The van der Waals surface area contributed by atoms with Gasteiger partial charge in [-0.1, -0.05) is 6.92 Å². The quantitative estimate of drug-likeness (QED) is 0.783. The number of nitrogens with zero attached hydrogens (tertiary/aromatic N) is 1. The zero-order chi connectivity index (χ0) is 11.0. The lowest BCUT2D eigenvalue weighted by atomic mass is 10.3. The Labute approximate surface area is 89.5 Å². The van der Waals surface area contributed by atoms with E-state index in [1.165, 1.54) is 0 Å². The third-order valence-corrected chi connectivity index (χ3v) is 2.92. The van der Waals surface area contributed by atoms with Crippen LogP contribution in [0.4, 0.5) is 5.69 Å². The smallest absolute Gasteiger partial charge is 0.268 e. The van der Waals surface area contributed by atoms with Gasteiger partial charge in [-0.25, -0.2) is 0 Å². The first-order chi connectivity index (χ1) is 7.11. The molecular formula is C11H17N3O. The van der Waals surface area contributed by atoms with Crippen molar-refractivity contribution in [3.05, 3.63) is 18.0 Å². The van der Waals surface area contributed by atoms with Crippen LogP contribution in [0.2, 0.25) is 0 Å². The van der Waals surface area contributed by atoms with E-state index in [1.54, 1.807) is 12.3 Å². The number of carbonyl (C=O) groups excluding carboxylic acids is 1. The summed E-state index contributed by atoms with van der Waals surface area (Å²) in [5, 5.41) is 2.99. The number of nitrogen functional groups attached to an aromatic ring is 1. The Hall–Kier alpha value is -1.45. The molecule has 1 aromatic rings. The second-order valence-electron chi connectivity index (χ2n) is 4.24. The molecule has 15 heavy (non-hydrogen) atoms. The van der Waals surface area contributed by atoms with E-state index >= 15 is 0 Å². The van der Waals surface area contributed by atoms with Crippen molar-refractivity contribution in [1.82, 2.24) is 9.88 Å². The van der Waals surface area contributed by atoms with Crippen molar-refractivity contribution in [3.63, 3.8) is 0 Å². The summed E-state index contributed by atoms with van der Waals surface area (Å²) in [6.45, 7) is 4.90. The summed E-state index contributed by atoms with van der Waals surface area (Å²) >= 11 is 0. The average molecular weight is 207 g/mol. The zero-order valence-corrected chi connectivity index (χ0v) is 9.16. The molecule has 1 saturated carbocycles. The Balaban J connectivity index is 2.10. The van der Waals surface area contributed by atoms with Gasteiger partial charge in [0, 0.05) is 18.8 Å². The van der Waals surface area contributed by atoms with Crippen molar-refractivity contribution >= 4 is 11.6 Å². The van der Waals surface area contributed by atoms with E-state index < -0.39 is 0 Å². The molecule has 1 aliphatic carbocycles. The second kappa shape index (κ2) is 3.61. The molecule has 0 spiro atoms. The lowest BCUT2D eigenvalue weighted by Gasteiger charge is -2.06. The molecule has 1 fully saturated rings. The van der Waals surface area contributed by atoms with Crippen LogP contribution < -0.4 is 11.1 Å².